The van der Waals surface area contributed by atoms with Crippen LogP contribution in [0.5, 0.6) is 0 Å². The van der Waals surface area contributed by atoms with Crippen LogP contribution in [0.4, 0.5) is 0 Å². The Morgan fingerprint density at radius 3 is 2.56 bits per heavy atom. The molecule has 0 aromatic heterocycles. The zero-order valence-electron chi connectivity index (χ0n) is 14.2. The minimum absolute atomic E-state index is 0.103. The van der Waals surface area contributed by atoms with Crippen LogP contribution in [0, 0.1) is 5.92 Å². The number of hydrogen-bond acceptors (Lipinski definition) is 9. The molecule has 12 nitrogen and oxygen atoms in total. The first-order valence-electron chi connectivity index (χ1n) is 7.91. The van der Waals surface area contributed by atoms with Crippen LogP contribution in [0.3, 0.4) is 0 Å². The van der Waals surface area contributed by atoms with Crippen LogP contribution in [-0.2, 0) is 28.2 Å². The molecule has 2 aliphatic heterocycles. The molecule has 1 fully saturated rings. The van der Waals surface area contributed by atoms with E-state index in [0.29, 0.717) is 0 Å². The second kappa shape index (κ2) is 8.15. The smallest absolute Gasteiger partial charge is 0.339 e. The Labute approximate surface area is 153 Å². The van der Waals surface area contributed by atoms with E-state index in [0.717, 1.165) is 0 Å². The minimum atomic E-state index is -4.47. The molecular formula is C14H21N2O10P. The predicted molar refractivity (Wildman–Crippen MR) is 87.3 cm³/mol. The summed E-state index contributed by atoms with van der Waals surface area (Å²) >= 11 is 0. The average Bonchev–Trinajstić information content (AvgIpc) is 2.80. The summed E-state index contributed by atoms with van der Waals surface area (Å²) < 4.78 is 21.6. The Bertz CT molecular complexity index is 710. The minimum Gasteiger partial charge on any atom is -0.481 e. The molecule has 152 valence electrons. The van der Waals surface area contributed by atoms with E-state index in [2.05, 4.69) is 9.84 Å². The second-order valence-electron chi connectivity index (χ2n) is 6.30. The van der Waals surface area contributed by atoms with Crippen LogP contribution < -0.4 is 11.1 Å². The lowest BCUT2D eigenvalue weighted by Crippen LogP contribution is -2.54. The zero-order chi connectivity index (χ0) is 20.5. The molecule has 27 heavy (non-hydrogen) atoms. The van der Waals surface area contributed by atoms with Gasteiger partial charge in [0.1, 0.15) is 36.7 Å². The van der Waals surface area contributed by atoms with Crippen LogP contribution in [-0.4, -0.2) is 81.2 Å². The molecule has 2 heterocycles. The molecule has 0 aliphatic carbocycles. The van der Waals surface area contributed by atoms with Gasteiger partial charge in [-0.1, -0.05) is 6.08 Å². The van der Waals surface area contributed by atoms with E-state index in [1.165, 1.54) is 13.0 Å². The van der Waals surface area contributed by atoms with Gasteiger partial charge in [-0.3, -0.25) is 18.9 Å². The summed E-state index contributed by atoms with van der Waals surface area (Å²) in [5, 5.41) is 31.2. The number of aliphatic carboxylic acids is 1. The Morgan fingerprint density at radius 2 is 2.00 bits per heavy atom. The summed E-state index contributed by atoms with van der Waals surface area (Å²) in [6.45, 7) is 0.561. The number of nitrogens with two attached hydrogens (primary N) is 1. The molecule has 7 atom stereocenters. The lowest BCUT2D eigenvalue weighted by atomic mass is 9.89. The summed E-state index contributed by atoms with van der Waals surface area (Å²) in [6, 6.07) is 0. The van der Waals surface area contributed by atoms with Gasteiger partial charge in [0.15, 0.2) is 5.78 Å². The first kappa shape index (κ1) is 21.6. The molecule has 1 amide bonds. The summed E-state index contributed by atoms with van der Waals surface area (Å²) in [5.74, 6) is -3.72. The number of nitrogens with one attached hydrogen (secondary N) is 1. The Balaban J connectivity index is 2.12. The summed E-state index contributed by atoms with van der Waals surface area (Å²) in [5.41, 5.74) is 5.76. The molecule has 2 aliphatic rings. The van der Waals surface area contributed by atoms with Crippen molar-refractivity contribution >= 4 is 25.3 Å². The van der Waals surface area contributed by atoms with E-state index in [1.807, 2.05) is 0 Å². The highest BCUT2D eigenvalue weighted by Crippen LogP contribution is 2.42. The van der Waals surface area contributed by atoms with Crippen LogP contribution in [0.2, 0.25) is 0 Å². The van der Waals surface area contributed by atoms with Gasteiger partial charge in [0, 0.05) is 5.57 Å². The Kier molecular flexibility index (Phi) is 6.53. The van der Waals surface area contributed by atoms with Gasteiger partial charge in [0.2, 0.25) is 5.91 Å². The van der Waals surface area contributed by atoms with Crippen LogP contribution in [0.15, 0.2) is 11.6 Å². The van der Waals surface area contributed by atoms with Crippen molar-refractivity contribution in [3.63, 3.8) is 0 Å². The average molecular weight is 408 g/mol. The van der Waals surface area contributed by atoms with E-state index >= 15 is 0 Å². The summed E-state index contributed by atoms with van der Waals surface area (Å²) in [4.78, 5) is 43.7. The van der Waals surface area contributed by atoms with Gasteiger partial charge in [0.25, 0.3) is 0 Å². The van der Waals surface area contributed by atoms with Crippen molar-refractivity contribution in [2.75, 3.05) is 12.8 Å². The first-order chi connectivity index (χ1) is 12.4. The third kappa shape index (κ3) is 4.99. The van der Waals surface area contributed by atoms with Gasteiger partial charge in [0.05, 0.1) is 12.5 Å². The number of Topliss-reactive ketones (excluding diaryl/α,β-unsaturated/α-hetero) is 1. The van der Waals surface area contributed by atoms with Gasteiger partial charge >= 0.3 is 13.6 Å². The number of amides is 1. The zero-order valence-corrected chi connectivity index (χ0v) is 15.1. The SMILES string of the molecule is CC(=O)C1=CC(C2OC(COP(=O)(O)CC(=O)O)C(O)C2O)C(=O)NC1N. The third-order valence-corrected chi connectivity index (χ3v) is 5.45. The fourth-order valence-corrected chi connectivity index (χ4v) is 3.71. The molecule has 0 bridgehead atoms. The predicted octanol–water partition coefficient (Wildman–Crippen LogP) is -2.69. The first-order valence-corrected chi connectivity index (χ1v) is 9.67. The van der Waals surface area contributed by atoms with Gasteiger partial charge in [-0.15, -0.1) is 0 Å². The van der Waals surface area contributed by atoms with E-state index in [4.69, 9.17) is 15.6 Å². The lowest BCUT2D eigenvalue weighted by molar-refractivity contribution is -0.135. The number of hydrogen-bond donors (Lipinski definition) is 6. The molecule has 0 aromatic carbocycles. The molecule has 2 rings (SSSR count). The number of carbonyl (C=O) groups is 3. The number of ketones is 1. The highest BCUT2D eigenvalue weighted by molar-refractivity contribution is 7.53. The van der Waals surface area contributed by atoms with E-state index in [9.17, 15) is 34.1 Å². The highest BCUT2D eigenvalue weighted by atomic mass is 31.2. The lowest BCUT2D eigenvalue weighted by Gasteiger charge is -2.30. The quantitative estimate of drug-likeness (QED) is 0.239. The molecular weight excluding hydrogens is 387 g/mol. The number of carboxylic acids is 1. The maximum absolute atomic E-state index is 12.2. The number of carbonyl (C=O) groups excluding carboxylic acids is 2. The van der Waals surface area contributed by atoms with Crippen molar-refractivity contribution in [1.29, 1.82) is 0 Å². The van der Waals surface area contributed by atoms with Crippen molar-refractivity contribution in [2.24, 2.45) is 11.7 Å². The number of ether oxygens (including phenoxy) is 1. The van der Waals surface area contributed by atoms with Crippen LogP contribution >= 0.6 is 7.60 Å². The standard InChI is InChI=1S/C14H21N2O10P/c1-5(17)6-2-7(14(22)16-13(6)15)12-11(21)10(20)8(26-12)3-25-27(23,24)4-9(18)19/h2,7-8,10-13,20-21H,3-4,15H2,1H3,(H,16,22)(H,18,19)(H,23,24). The van der Waals surface area contributed by atoms with Crippen molar-refractivity contribution in [3.05, 3.63) is 11.6 Å². The number of aliphatic hydroxyl groups excluding tert-OH is 2. The van der Waals surface area contributed by atoms with Crippen molar-refractivity contribution in [2.45, 2.75) is 37.5 Å². The monoisotopic (exact) mass is 408 g/mol. The van der Waals surface area contributed by atoms with Gasteiger partial charge < -0.3 is 40.5 Å². The maximum Gasteiger partial charge on any atom is 0.339 e. The van der Waals surface area contributed by atoms with Crippen LogP contribution in [0.25, 0.3) is 0 Å². The molecule has 0 radical (unpaired) electrons. The molecule has 7 unspecified atom stereocenters. The topological polar surface area (TPSA) is 206 Å². The highest BCUT2D eigenvalue weighted by Gasteiger charge is 2.49. The van der Waals surface area contributed by atoms with E-state index < -0.39 is 74.5 Å². The molecule has 0 spiro atoms. The molecule has 13 heteroatoms. The fourth-order valence-electron chi connectivity index (χ4n) is 2.90. The van der Waals surface area contributed by atoms with E-state index in [1.54, 1.807) is 0 Å². The van der Waals surface area contributed by atoms with Crippen molar-refractivity contribution in [1.82, 2.24) is 5.32 Å². The number of rotatable bonds is 7. The summed E-state index contributed by atoms with van der Waals surface area (Å²) in [7, 11) is -4.47. The fraction of sp³-hybridized carbons (Fsp3) is 0.643. The second-order valence-corrected chi connectivity index (χ2v) is 8.14. The maximum atomic E-state index is 12.2. The summed E-state index contributed by atoms with van der Waals surface area (Å²) in [6.07, 6.45) is -6.61. The third-order valence-electron chi connectivity index (χ3n) is 4.23. The normalized spacial score (nSPS) is 35.9. The Morgan fingerprint density at radius 1 is 1.37 bits per heavy atom. The van der Waals surface area contributed by atoms with Crippen molar-refractivity contribution < 1.29 is 48.4 Å². The number of carboxylic acid groups (broad SMARTS) is 1. The van der Waals surface area contributed by atoms with Gasteiger partial charge in [-0.25, -0.2) is 0 Å². The Hall–Kier alpha value is -1.66. The molecule has 1 saturated heterocycles. The van der Waals surface area contributed by atoms with Crippen LogP contribution in [0.1, 0.15) is 6.92 Å². The largest absolute Gasteiger partial charge is 0.481 e. The molecule has 0 aromatic rings. The molecule has 0 saturated carbocycles. The van der Waals surface area contributed by atoms with E-state index in [-0.39, 0.29) is 5.57 Å². The molecule has 7 N–H and O–H groups in total. The van der Waals surface area contributed by atoms with Gasteiger partial charge in [-0.2, -0.15) is 0 Å². The number of aliphatic hydroxyl groups is 2. The van der Waals surface area contributed by atoms with Crippen molar-refractivity contribution in [3.8, 4) is 0 Å². The van der Waals surface area contributed by atoms with Gasteiger partial charge in [-0.05, 0) is 6.92 Å².